The van der Waals surface area contributed by atoms with Crippen molar-refractivity contribution in [1.29, 1.82) is 0 Å². The summed E-state index contributed by atoms with van der Waals surface area (Å²) in [5.41, 5.74) is 0.786. The highest BCUT2D eigenvalue weighted by atomic mass is 19.1. The number of benzene rings is 1. The number of aliphatic hydroxyl groups excluding tert-OH is 1. The molecule has 1 aromatic carbocycles. The van der Waals surface area contributed by atoms with Crippen LogP contribution in [0.15, 0.2) is 30.7 Å². The zero-order valence-electron chi connectivity index (χ0n) is 13.3. The van der Waals surface area contributed by atoms with Crippen LogP contribution < -0.4 is 4.74 Å². The van der Waals surface area contributed by atoms with Crippen molar-refractivity contribution in [2.24, 2.45) is 5.92 Å². The second kappa shape index (κ2) is 7.19. The van der Waals surface area contributed by atoms with Crippen LogP contribution in [0.1, 0.15) is 11.3 Å². The Morgan fingerprint density at radius 1 is 1.25 bits per heavy atom. The Morgan fingerprint density at radius 2 is 2.00 bits per heavy atom. The molecule has 24 heavy (non-hydrogen) atoms. The molecule has 0 aliphatic carbocycles. The predicted molar refractivity (Wildman–Crippen MR) is 83.4 cm³/mol. The van der Waals surface area contributed by atoms with Gasteiger partial charge in [0.1, 0.15) is 17.4 Å². The van der Waals surface area contributed by atoms with Crippen molar-refractivity contribution in [3.05, 3.63) is 53.6 Å². The van der Waals surface area contributed by atoms with Gasteiger partial charge in [-0.2, -0.15) is 0 Å². The summed E-state index contributed by atoms with van der Waals surface area (Å²) in [7, 11) is 1.36. The monoisotopic (exact) mass is 335 g/mol. The molecule has 1 aliphatic heterocycles. The molecule has 0 unspecified atom stereocenters. The molecule has 1 aromatic heterocycles. The van der Waals surface area contributed by atoms with E-state index in [2.05, 4.69) is 9.97 Å². The van der Waals surface area contributed by atoms with Crippen LogP contribution >= 0.6 is 0 Å². The van der Waals surface area contributed by atoms with Gasteiger partial charge in [-0.05, 0) is 6.42 Å². The van der Waals surface area contributed by atoms with Crippen molar-refractivity contribution in [2.45, 2.75) is 19.1 Å². The molecule has 128 valence electrons. The summed E-state index contributed by atoms with van der Waals surface area (Å²) in [6, 6.07) is 2.34. The number of likely N-dealkylation sites (tertiary alicyclic amines) is 1. The van der Waals surface area contributed by atoms with Gasteiger partial charge < -0.3 is 9.84 Å². The average molecular weight is 335 g/mol. The number of nitrogens with zero attached hydrogens (tertiary/aromatic N) is 3. The molecule has 1 aliphatic rings. The van der Waals surface area contributed by atoms with E-state index < -0.39 is 17.7 Å². The Kier molecular flexibility index (Phi) is 5.01. The first-order valence-corrected chi connectivity index (χ1v) is 7.74. The van der Waals surface area contributed by atoms with E-state index in [-0.39, 0.29) is 23.8 Å². The van der Waals surface area contributed by atoms with Gasteiger partial charge >= 0.3 is 0 Å². The number of β-amino-alcohol motifs (C(OH)–C–C–N with tert-alkyl or cyclic N) is 1. The van der Waals surface area contributed by atoms with Crippen molar-refractivity contribution >= 4 is 0 Å². The molecule has 1 saturated heterocycles. The highest BCUT2D eigenvalue weighted by Gasteiger charge is 2.32. The van der Waals surface area contributed by atoms with Crippen molar-refractivity contribution < 1.29 is 18.6 Å². The van der Waals surface area contributed by atoms with Gasteiger partial charge in [0.15, 0.2) is 0 Å². The van der Waals surface area contributed by atoms with Crippen LogP contribution in [0.25, 0.3) is 0 Å². The standard InChI is InChI=1S/C17H19F2N3O2/c1-24-13-5-15(18)14(16(19)6-13)9-22-8-11(17(23)10-22)4-12-7-20-2-3-21-12/h2-3,5-7,11,17,23H,4,8-10H2,1H3/t11-,17-/m1/s1. The third-order valence-electron chi connectivity index (χ3n) is 4.30. The van der Waals surface area contributed by atoms with E-state index in [1.165, 1.54) is 19.2 Å². The van der Waals surface area contributed by atoms with Crippen molar-refractivity contribution in [1.82, 2.24) is 14.9 Å². The Hall–Kier alpha value is -2.12. The van der Waals surface area contributed by atoms with Crippen molar-refractivity contribution in [3.63, 3.8) is 0 Å². The number of aromatic nitrogens is 2. The fourth-order valence-electron chi connectivity index (χ4n) is 3.05. The first-order valence-electron chi connectivity index (χ1n) is 7.74. The van der Waals surface area contributed by atoms with E-state index >= 15 is 0 Å². The van der Waals surface area contributed by atoms with Gasteiger partial charge in [-0.1, -0.05) is 0 Å². The highest BCUT2D eigenvalue weighted by molar-refractivity contribution is 5.30. The van der Waals surface area contributed by atoms with Gasteiger partial charge in [0.25, 0.3) is 0 Å². The van der Waals surface area contributed by atoms with Crippen molar-refractivity contribution in [3.8, 4) is 5.75 Å². The first kappa shape index (κ1) is 16.7. The van der Waals surface area contributed by atoms with Gasteiger partial charge in [-0.25, -0.2) is 8.78 Å². The maximum absolute atomic E-state index is 14.1. The minimum Gasteiger partial charge on any atom is -0.497 e. The SMILES string of the molecule is COc1cc(F)c(CN2C[C@@H](Cc3cnccn3)[C@H](O)C2)c(F)c1. The summed E-state index contributed by atoms with van der Waals surface area (Å²) in [4.78, 5) is 10.1. The van der Waals surface area contributed by atoms with E-state index in [9.17, 15) is 13.9 Å². The van der Waals surface area contributed by atoms with E-state index in [0.717, 1.165) is 5.69 Å². The van der Waals surface area contributed by atoms with E-state index in [1.807, 2.05) is 4.90 Å². The van der Waals surface area contributed by atoms with Crippen LogP contribution in [0.5, 0.6) is 5.75 Å². The lowest BCUT2D eigenvalue weighted by Gasteiger charge is -2.17. The second-order valence-corrected chi connectivity index (χ2v) is 5.99. The van der Waals surface area contributed by atoms with E-state index in [1.54, 1.807) is 18.6 Å². The summed E-state index contributed by atoms with van der Waals surface area (Å²) in [6.07, 6.45) is 4.89. The third kappa shape index (κ3) is 3.68. The molecule has 5 nitrogen and oxygen atoms in total. The van der Waals surface area contributed by atoms with Crippen molar-refractivity contribution in [2.75, 3.05) is 20.2 Å². The number of rotatable bonds is 5. The lowest BCUT2D eigenvalue weighted by atomic mass is 10.0. The summed E-state index contributed by atoms with van der Waals surface area (Å²) >= 11 is 0. The Balaban J connectivity index is 1.67. The lowest BCUT2D eigenvalue weighted by Crippen LogP contribution is -2.22. The molecule has 1 fully saturated rings. The van der Waals surface area contributed by atoms with Crippen LogP contribution in [0.2, 0.25) is 0 Å². The molecule has 0 spiro atoms. The van der Waals surface area contributed by atoms with Gasteiger partial charge in [0.2, 0.25) is 0 Å². The van der Waals surface area contributed by atoms with Gasteiger partial charge in [-0.3, -0.25) is 14.9 Å². The molecule has 1 N–H and O–H groups in total. The Morgan fingerprint density at radius 3 is 2.62 bits per heavy atom. The minimum atomic E-state index is -0.640. The van der Waals surface area contributed by atoms with Gasteiger partial charge in [-0.15, -0.1) is 0 Å². The van der Waals surface area contributed by atoms with Gasteiger partial charge in [0.05, 0.1) is 18.9 Å². The molecule has 0 radical (unpaired) electrons. The molecule has 2 aromatic rings. The summed E-state index contributed by atoms with van der Waals surface area (Å²) in [5, 5.41) is 10.2. The number of hydrogen-bond donors (Lipinski definition) is 1. The smallest absolute Gasteiger partial charge is 0.134 e. The molecule has 2 atom stereocenters. The predicted octanol–water partition coefficient (Wildman–Crippen LogP) is 1.80. The largest absolute Gasteiger partial charge is 0.497 e. The fourth-order valence-corrected chi connectivity index (χ4v) is 3.05. The average Bonchev–Trinajstić information content (AvgIpc) is 2.91. The third-order valence-corrected chi connectivity index (χ3v) is 4.30. The quantitative estimate of drug-likeness (QED) is 0.903. The number of aliphatic hydroxyl groups is 1. The van der Waals surface area contributed by atoms with Crippen LogP contribution in [0.4, 0.5) is 8.78 Å². The molecule has 0 amide bonds. The first-order chi connectivity index (χ1) is 11.6. The van der Waals surface area contributed by atoms with Gasteiger partial charge in [0, 0.05) is 61.8 Å². The molecule has 2 heterocycles. The topological polar surface area (TPSA) is 58.5 Å². The summed E-state index contributed by atoms with van der Waals surface area (Å²) in [5.74, 6) is -1.17. The molecule has 3 rings (SSSR count). The van der Waals surface area contributed by atoms with Crippen LogP contribution in [-0.2, 0) is 13.0 Å². The van der Waals surface area contributed by atoms with E-state index in [4.69, 9.17) is 4.74 Å². The molecule has 7 heteroatoms. The normalized spacial score (nSPS) is 21.2. The lowest BCUT2D eigenvalue weighted by molar-refractivity contribution is 0.140. The zero-order valence-corrected chi connectivity index (χ0v) is 13.3. The molecular weight excluding hydrogens is 316 g/mol. The fraction of sp³-hybridized carbons (Fsp3) is 0.412. The summed E-state index contributed by atoms with van der Waals surface area (Å²) in [6.45, 7) is 1.02. The zero-order chi connectivity index (χ0) is 17.1. The number of ether oxygens (including phenoxy) is 1. The van der Waals surface area contributed by atoms with E-state index in [0.29, 0.717) is 19.5 Å². The molecular formula is C17H19F2N3O2. The molecule has 0 bridgehead atoms. The number of methoxy groups -OCH3 is 1. The van der Waals surface area contributed by atoms with Crippen LogP contribution in [-0.4, -0.2) is 46.3 Å². The summed E-state index contributed by atoms with van der Waals surface area (Å²) < 4.78 is 33.0. The van der Waals surface area contributed by atoms with Crippen LogP contribution in [0.3, 0.4) is 0 Å². The maximum atomic E-state index is 14.1. The minimum absolute atomic E-state index is 0.0110. The Bertz CT molecular complexity index is 676. The number of hydrogen-bond acceptors (Lipinski definition) is 5. The number of halogens is 2. The molecule has 0 saturated carbocycles. The highest BCUT2D eigenvalue weighted by Crippen LogP contribution is 2.26. The van der Waals surface area contributed by atoms with Crippen LogP contribution in [0, 0.1) is 17.6 Å². The maximum Gasteiger partial charge on any atom is 0.134 e. The second-order valence-electron chi connectivity index (χ2n) is 5.99. The Labute approximate surface area is 138 Å².